The molecule has 2 aromatic carbocycles. The van der Waals surface area contributed by atoms with Crippen LogP contribution in [0.5, 0.6) is 0 Å². The number of benzene rings is 2. The lowest BCUT2D eigenvalue weighted by molar-refractivity contribution is -0.135. The summed E-state index contributed by atoms with van der Waals surface area (Å²) in [7, 11) is 0. The number of rotatable bonds is 5. The Balaban J connectivity index is 2.38. The second kappa shape index (κ2) is 6.67. The van der Waals surface area contributed by atoms with Crippen LogP contribution in [0, 0.1) is 0 Å². The minimum Gasteiger partial charge on any atom is -0.480 e. The topological polar surface area (TPSA) is 83.6 Å². The molecule has 0 atom stereocenters. The number of nitrogens with zero attached hydrogens (tertiary/aromatic N) is 1. The highest BCUT2D eigenvalue weighted by Gasteiger charge is 2.20. The molecule has 0 spiro atoms. The molecule has 0 heterocycles. The van der Waals surface area contributed by atoms with E-state index < -0.39 is 12.5 Å². The van der Waals surface area contributed by atoms with E-state index >= 15 is 0 Å². The van der Waals surface area contributed by atoms with Crippen LogP contribution in [0.2, 0.25) is 0 Å². The third-order valence-corrected chi connectivity index (χ3v) is 3.02. The van der Waals surface area contributed by atoms with Crippen molar-refractivity contribution in [2.24, 2.45) is 5.73 Å². The Morgan fingerprint density at radius 2 is 1.76 bits per heavy atom. The maximum Gasteiger partial charge on any atom is 0.323 e. The van der Waals surface area contributed by atoms with Gasteiger partial charge in [-0.25, -0.2) is 0 Å². The van der Waals surface area contributed by atoms with Gasteiger partial charge in [-0.05, 0) is 29.8 Å². The lowest BCUT2D eigenvalue weighted by Crippen LogP contribution is -2.35. The largest absolute Gasteiger partial charge is 0.480 e. The molecule has 0 aliphatic carbocycles. The summed E-state index contributed by atoms with van der Waals surface area (Å²) >= 11 is 0. The number of aliphatic carboxylic acids is 1. The lowest BCUT2D eigenvalue weighted by atomic mass is 10.1. The van der Waals surface area contributed by atoms with Gasteiger partial charge >= 0.3 is 5.97 Å². The number of carbonyl (C=O) groups excluding carboxylic acids is 1. The standard InChI is InChI=1S/C16H16N2O3/c17-10-12-5-4-8-14(9-12)18(11-15(19)20)16(21)13-6-2-1-3-7-13/h1-9H,10-11,17H2,(H,19,20). The van der Waals surface area contributed by atoms with Gasteiger partial charge in [0.2, 0.25) is 0 Å². The molecule has 5 heteroatoms. The highest BCUT2D eigenvalue weighted by molar-refractivity contribution is 6.08. The highest BCUT2D eigenvalue weighted by atomic mass is 16.4. The van der Waals surface area contributed by atoms with Crippen LogP contribution in [0.4, 0.5) is 5.69 Å². The van der Waals surface area contributed by atoms with Gasteiger partial charge in [-0.1, -0.05) is 30.3 Å². The van der Waals surface area contributed by atoms with Crippen molar-refractivity contribution in [3.05, 3.63) is 65.7 Å². The summed E-state index contributed by atoms with van der Waals surface area (Å²) in [4.78, 5) is 24.8. The van der Waals surface area contributed by atoms with Crippen LogP contribution >= 0.6 is 0 Å². The first kappa shape index (κ1) is 14.7. The van der Waals surface area contributed by atoms with E-state index in [-0.39, 0.29) is 5.91 Å². The number of amides is 1. The molecule has 5 nitrogen and oxygen atoms in total. The monoisotopic (exact) mass is 284 g/mol. The van der Waals surface area contributed by atoms with Gasteiger partial charge in [-0.2, -0.15) is 0 Å². The van der Waals surface area contributed by atoms with Crippen LogP contribution in [0.1, 0.15) is 15.9 Å². The summed E-state index contributed by atoms with van der Waals surface area (Å²) in [6.07, 6.45) is 0. The molecule has 0 aliphatic rings. The van der Waals surface area contributed by atoms with E-state index in [2.05, 4.69) is 0 Å². The lowest BCUT2D eigenvalue weighted by Gasteiger charge is -2.21. The number of hydrogen-bond acceptors (Lipinski definition) is 3. The molecule has 0 aromatic heterocycles. The third-order valence-electron chi connectivity index (χ3n) is 3.02. The van der Waals surface area contributed by atoms with Crippen molar-refractivity contribution in [2.75, 3.05) is 11.4 Å². The Labute approximate surface area is 122 Å². The van der Waals surface area contributed by atoms with Gasteiger partial charge in [-0.3, -0.25) is 14.5 Å². The van der Waals surface area contributed by atoms with Crippen molar-refractivity contribution in [1.29, 1.82) is 0 Å². The molecule has 3 N–H and O–H groups in total. The summed E-state index contributed by atoms with van der Waals surface area (Å²) in [5.74, 6) is -1.43. The third kappa shape index (κ3) is 3.67. The SMILES string of the molecule is NCc1cccc(N(CC(=O)O)C(=O)c2ccccc2)c1. The number of carboxylic acids is 1. The zero-order valence-electron chi connectivity index (χ0n) is 11.4. The Hall–Kier alpha value is -2.66. The Morgan fingerprint density at radius 1 is 1.05 bits per heavy atom. The zero-order valence-corrected chi connectivity index (χ0v) is 11.4. The van der Waals surface area contributed by atoms with E-state index in [9.17, 15) is 9.59 Å². The Kier molecular flexibility index (Phi) is 4.68. The smallest absolute Gasteiger partial charge is 0.323 e. The van der Waals surface area contributed by atoms with Gasteiger partial charge in [0.15, 0.2) is 0 Å². The van der Waals surface area contributed by atoms with E-state index in [1.54, 1.807) is 48.5 Å². The second-order valence-electron chi connectivity index (χ2n) is 4.53. The molecule has 0 saturated carbocycles. The van der Waals surface area contributed by atoms with E-state index in [0.29, 0.717) is 17.8 Å². The van der Waals surface area contributed by atoms with Crippen LogP contribution in [0.3, 0.4) is 0 Å². The fourth-order valence-electron chi connectivity index (χ4n) is 2.00. The molecule has 2 rings (SSSR count). The van der Waals surface area contributed by atoms with Gasteiger partial charge in [0.05, 0.1) is 0 Å². The maximum atomic E-state index is 12.5. The van der Waals surface area contributed by atoms with Crippen molar-refractivity contribution in [3.8, 4) is 0 Å². The first-order chi connectivity index (χ1) is 10.1. The van der Waals surface area contributed by atoms with Crippen LogP contribution < -0.4 is 10.6 Å². The summed E-state index contributed by atoms with van der Waals surface area (Å²) < 4.78 is 0. The van der Waals surface area contributed by atoms with E-state index in [1.807, 2.05) is 6.07 Å². The van der Waals surface area contributed by atoms with E-state index in [4.69, 9.17) is 10.8 Å². The molecule has 2 aromatic rings. The highest BCUT2D eigenvalue weighted by Crippen LogP contribution is 2.19. The fourth-order valence-corrected chi connectivity index (χ4v) is 2.00. The number of carbonyl (C=O) groups is 2. The molecule has 21 heavy (non-hydrogen) atoms. The molecule has 108 valence electrons. The van der Waals surface area contributed by atoms with Gasteiger partial charge in [-0.15, -0.1) is 0 Å². The quantitative estimate of drug-likeness (QED) is 0.878. The van der Waals surface area contributed by atoms with Crippen LogP contribution in [-0.4, -0.2) is 23.5 Å². The van der Waals surface area contributed by atoms with Crippen LogP contribution in [0.15, 0.2) is 54.6 Å². The summed E-state index contributed by atoms with van der Waals surface area (Å²) in [6, 6.07) is 15.6. The number of hydrogen-bond donors (Lipinski definition) is 2. The van der Waals surface area contributed by atoms with Gasteiger partial charge in [0, 0.05) is 17.8 Å². The molecule has 0 fully saturated rings. The van der Waals surface area contributed by atoms with Crippen LogP contribution in [-0.2, 0) is 11.3 Å². The molecular weight excluding hydrogens is 268 g/mol. The second-order valence-corrected chi connectivity index (χ2v) is 4.53. The minimum absolute atomic E-state index is 0.328. The minimum atomic E-state index is -1.07. The number of anilines is 1. The van der Waals surface area contributed by atoms with Crippen molar-refractivity contribution in [3.63, 3.8) is 0 Å². The van der Waals surface area contributed by atoms with Gasteiger partial charge in [0.1, 0.15) is 6.54 Å². The van der Waals surface area contributed by atoms with Crippen molar-refractivity contribution < 1.29 is 14.7 Å². The molecule has 0 saturated heterocycles. The summed E-state index contributed by atoms with van der Waals surface area (Å²) in [6.45, 7) is -0.0734. The number of carboxylic acid groups (broad SMARTS) is 1. The Morgan fingerprint density at radius 3 is 2.38 bits per heavy atom. The molecular formula is C16H16N2O3. The van der Waals surface area contributed by atoms with Crippen molar-refractivity contribution in [1.82, 2.24) is 0 Å². The zero-order chi connectivity index (χ0) is 15.2. The predicted octanol–water partition coefficient (Wildman–Crippen LogP) is 1.88. The van der Waals surface area contributed by atoms with Gasteiger partial charge in [0.25, 0.3) is 5.91 Å². The van der Waals surface area contributed by atoms with E-state index in [0.717, 1.165) is 5.56 Å². The predicted molar refractivity (Wildman–Crippen MR) is 80.1 cm³/mol. The summed E-state index contributed by atoms with van der Waals surface area (Å²) in [5.41, 5.74) is 7.39. The molecule has 1 amide bonds. The number of nitrogens with two attached hydrogens (primary N) is 1. The first-order valence-corrected chi connectivity index (χ1v) is 6.49. The van der Waals surface area contributed by atoms with Crippen LogP contribution in [0.25, 0.3) is 0 Å². The molecule has 0 radical (unpaired) electrons. The molecule has 0 bridgehead atoms. The summed E-state index contributed by atoms with van der Waals surface area (Å²) in [5, 5.41) is 9.05. The first-order valence-electron chi connectivity index (χ1n) is 6.49. The molecule has 0 unspecified atom stereocenters. The average Bonchev–Trinajstić information content (AvgIpc) is 2.52. The maximum absolute atomic E-state index is 12.5. The molecule has 0 aliphatic heterocycles. The van der Waals surface area contributed by atoms with Crippen molar-refractivity contribution in [2.45, 2.75) is 6.54 Å². The van der Waals surface area contributed by atoms with Crippen molar-refractivity contribution >= 4 is 17.6 Å². The normalized spacial score (nSPS) is 10.1. The van der Waals surface area contributed by atoms with E-state index in [1.165, 1.54) is 4.90 Å². The Bertz CT molecular complexity index is 641. The fraction of sp³-hybridized carbons (Fsp3) is 0.125. The average molecular weight is 284 g/mol. The van der Waals surface area contributed by atoms with Gasteiger partial charge < -0.3 is 10.8 Å².